The summed E-state index contributed by atoms with van der Waals surface area (Å²) in [5, 5.41) is 12.2. The molecule has 0 heterocycles. The number of aliphatic hydroxyl groups is 1. The molecule has 2 aliphatic carbocycles. The van der Waals surface area contributed by atoms with Crippen LogP contribution in [-0.4, -0.2) is 31.0 Å². The third-order valence-corrected chi connectivity index (χ3v) is 5.23. The summed E-state index contributed by atoms with van der Waals surface area (Å²) in [6.45, 7) is 0.296. The fourth-order valence-corrected chi connectivity index (χ4v) is 3.90. The summed E-state index contributed by atoms with van der Waals surface area (Å²) in [6.07, 6.45) is 5.97. The number of amides is 1. The Bertz CT molecular complexity index is 543. The highest BCUT2D eigenvalue weighted by Crippen LogP contribution is 2.36. The van der Waals surface area contributed by atoms with Crippen LogP contribution in [0.2, 0.25) is 0 Å². The van der Waals surface area contributed by atoms with Crippen molar-refractivity contribution in [2.75, 3.05) is 13.7 Å². The third-order valence-electron chi connectivity index (χ3n) is 5.23. The SMILES string of the molecule is COC(=O)NC1CCC(c2ccc3c(c2)CC[C@H](CO)C3)C1. The Hall–Kier alpha value is -1.55. The molecule has 1 saturated carbocycles. The summed E-state index contributed by atoms with van der Waals surface area (Å²) in [7, 11) is 1.41. The maximum absolute atomic E-state index is 11.3. The number of hydrogen-bond acceptors (Lipinski definition) is 3. The van der Waals surface area contributed by atoms with E-state index in [2.05, 4.69) is 28.3 Å². The smallest absolute Gasteiger partial charge is 0.407 e. The number of aryl methyl sites for hydroxylation is 1. The number of carbonyl (C=O) groups is 1. The van der Waals surface area contributed by atoms with Crippen molar-refractivity contribution >= 4 is 6.09 Å². The predicted molar refractivity (Wildman–Crippen MR) is 85.0 cm³/mol. The van der Waals surface area contributed by atoms with Crippen molar-refractivity contribution in [3.05, 3.63) is 34.9 Å². The maximum atomic E-state index is 11.3. The number of nitrogens with one attached hydrogen (secondary N) is 1. The van der Waals surface area contributed by atoms with Gasteiger partial charge in [0.25, 0.3) is 0 Å². The second-order valence-electron chi connectivity index (χ2n) is 6.66. The van der Waals surface area contributed by atoms with Gasteiger partial charge in [-0.1, -0.05) is 18.2 Å². The van der Waals surface area contributed by atoms with Gasteiger partial charge in [-0.2, -0.15) is 0 Å². The van der Waals surface area contributed by atoms with Gasteiger partial charge in [0.2, 0.25) is 0 Å². The molecule has 0 spiro atoms. The monoisotopic (exact) mass is 303 g/mol. The topological polar surface area (TPSA) is 58.6 Å². The van der Waals surface area contributed by atoms with Crippen molar-refractivity contribution in [2.45, 2.75) is 50.5 Å². The molecule has 4 nitrogen and oxygen atoms in total. The Balaban J connectivity index is 1.65. The van der Waals surface area contributed by atoms with Crippen molar-refractivity contribution < 1.29 is 14.6 Å². The molecule has 0 aliphatic heterocycles. The lowest BCUT2D eigenvalue weighted by Gasteiger charge is -2.24. The van der Waals surface area contributed by atoms with Crippen LogP contribution in [0, 0.1) is 5.92 Å². The van der Waals surface area contributed by atoms with Crippen LogP contribution in [0.25, 0.3) is 0 Å². The minimum absolute atomic E-state index is 0.229. The van der Waals surface area contributed by atoms with Crippen molar-refractivity contribution in [3.8, 4) is 0 Å². The number of carbonyl (C=O) groups excluding carboxylic acids is 1. The number of methoxy groups -OCH3 is 1. The number of benzene rings is 1. The molecule has 2 aliphatic rings. The lowest BCUT2D eigenvalue weighted by atomic mass is 9.82. The van der Waals surface area contributed by atoms with Gasteiger partial charge in [-0.15, -0.1) is 0 Å². The van der Waals surface area contributed by atoms with Crippen molar-refractivity contribution in [3.63, 3.8) is 0 Å². The number of aliphatic hydroxyl groups excluding tert-OH is 1. The molecule has 3 rings (SSSR count). The predicted octanol–water partition coefficient (Wildman–Crippen LogP) is 2.78. The molecule has 22 heavy (non-hydrogen) atoms. The van der Waals surface area contributed by atoms with Crippen LogP contribution in [-0.2, 0) is 17.6 Å². The van der Waals surface area contributed by atoms with Gasteiger partial charge in [0.1, 0.15) is 0 Å². The molecule has 0 saturated heterocycles. The number of rotatable bonds is 3. The van der Waals surface area contributed by atoms with Crippen molar-refractivity contribution in [1.82, 2.24) is 5.32 Å². The minimum atomic E-state index is -0.328. The Morgan fingerprint density at radius 3 is 2.95 bits per heavy atom. The Morgan fingerprint density at radius 1 is 1.32 bits per heavy atom. The first kappa shape index (κ1) is 15.3. The van der Waals surface area contributed by atoms with Crippen molar-refractivity contribution in [1.29, 1.82) is 0 Å². The van der Waals surface area contributed by atoms with Gasteiger partial charge in [0, 0.05) is 12.6 Å². The Kier molecular flexibility index (Phi) is 4.67. The molecule has 4 heteroatoms. The van der Waals surface area contributed by atoms with E-state index in [4.69, 9.17) is 0 Å². The largest absolute Gasteiger partial charge is 0.453 e. The summed E-state index contributed by atoms with van der Waals surface area (Å²) < 4.78 is 4.68. The Morgan fingerprint density at radius 2 is 2.18 bits per heavy atom. The summed E-state index contributed by atoms with van der Waals surface area (Å²) in [5.74, 6) is 0.960. The number of ether oxygens (including phenoxy) is 1. The zero-order valence-corrected chi connectivity index (χ0v) is 13.2. The van der Waals surface area contributed by atoms with Crippen LogP contribution >= 0.6 is 0 Å². The third kappa shape index (κ3) is 3.27. The van der Waals surface area contributed by atoms with Gasteiger partial charge < -0.3 is 15.2 Å². The number of hydrogen-bond donors (Lipinski definition) is 2. The fourth-order valence-electron chi connectivity index (χ4n) is 3.90. The molecule has 0 radical (unpaired) electrons. The molecule has 2 N–H and O–H groups in total. The molecule has 2 unspecified atom stereocenters. The molecule has 120 valence electrons. The van der Waals surface area contributed by atoms with E-state index >= 15 is 0 Å². The fraction of sp³-hybridized carbons (Fsp3) is 0.611. The highest BCUT2D eigenvalue weighted by molar-refractivity contribution is 5.67. The van der Waals surface area contributed by atoms with E-state index < -0.39 is 0 Å². The minimum Gasteiger partial charge on any atom is -0.453 e. The highest BCUT2D eigenvalue weighted by atomic mass is 16.5. The summed E-state index contributed by atoms with van der Waals surface area (Å²) in [5.41, 5.74) is 4.25. The lowest BCUT2D eigenvalue weighted by Crippen LogP contribution is -2.32. The molecule has 1 aromatic carbocycles. The molecule has 1 aromatic rings. The van der Waals surface area contributed by atoms with E-state index in [-0.39, 0.29) is 12.1 Å². The average Bonchev–Trinajstić information content (AvgIpc) is 3.02. The second kappa shape index (κ2) is 6.69. The van der Waals surface area contributed by atoms with Gasteiger partial charge in [0.05, 0.1) is 7.11 Å². The summed E-state index contributed by atoms with van der Waals surface area (Å²) in [4.78, 5) is 11.3. The van der Waals surface area contributed by atoms with Crippen LogP contribution in [0.15, 0.2) is 18.2 Å². The van der Waals surface area contributed by atoms with Crippen LogP contribution < -0.4 is 5.32 Å². The van der Waals surface area contributed by atoms with E-state index in [0.29, 0.717) is 18.4 Å². The molecule has 0 aromatic heterocycles. The average molecular weight is 303 g/mol. The summed E-state index contributed by atoms with van der Waals surface area (Å²) in [6, 6.07) is 7.07. The van der Waals surface area contributed by atoms with Gasteiger partial charge in [-0.3, -0.25) is 0 Å². The van der Waals surface area contributed by atoms with Crippen LogP contribution in [0.4, 0.5) is 4.79 Å². The lowest BCUT2D eigenvalue weighted by molar-refractivity contribution is 0.166. The zero-order valence-electron chi connectivity index (χ0n) is 13.2. The normalized spacial score (nSPS) is 27.3. The first-order chi connectivity index (χ1) is 10.7. The van der Waals surface area contributed by atoms with Crippen LogP contribution in [0.1, 0.15) is 48.3 Å². The number of alkyl carbamates (subject to hydrolysis) is 1. The van der Waals surface area contributed by atoms with E-state index in [0.717, 1.165) is 38.5 Å². The second-order valence-corrected chi connectivity index (χ2v) is 6.66. The van der Waals surface area contributed by atoms with Gasteiger partial charge in [0.15, 0.2) is 0 Å². The molecule has 1 amide bonds. The maximum Gasteiger partial charge on any atom is 0.407 e. The highest BCUT2D eigenvalue weighted by Gasteiger charge is 2.28. The first-order valence-corrected chi connectivity index (χ1v) is 8.26. The molecule has 3 atom stereocenters. The van der Waals surface area contributed by atoms with Gasteiger partial charge in [-0.25, -0.2) is 4.79 Å². The molecular formula is C18H25NO3. The van der Waals surface area contributed by atoms with E-state index in [1.807, 2.05) is 0 Å². The molecular weight excluding hydrogens is 278 g/mol. The van der Waals surface area contributed by atoms with Crippen LogP contribution in [0.5, 0.6) is 0 Å². The molecule has 1 fully saturated rings. The zero-order chi connectivity index (χ0) is 15.5. The Labute approximate surface area is 131 Å². The van der Waals surface area contributed by atoms with E-state index in [1.165, 1.54) is 23.8 Å². The van der Waals surface area contributed by atoms with Gasteiger partial charge >= 0.3 is 6.09 Å². The van der Waals surface area contributed by atoms with E-state index in [9.17, 15) is 9.90 Å². The van der Waals surface area contributed by atoms with Gasteiger partial charge in [-0.05, 0) is 67.1 Å². The van der Waals surface area contributed by atoms with E-state index in [1.54, 1.807) is 0 Å². The standard InChI is InChI=1S/C18H25NO3/c1-22-18(21)19-17-7-6-16(10-17)15-5-4-13-8-12(11-20)2-3-14(13)9-15/h4-5,9,12,16-17,20H,2-3,6-8,10-11H2,1H3,(H,19,21)/t12-,16?,17?/m0/s1. The van der Waals surface area contributed by atoms with Crippen LogP contribution in [0.3, 0.4) is 0 Å². The quantitative estimate of drug-likeness (QED) is 0.902. The summed E-state index contributed by atoms with van der Waals surface area (Å²) >= 11 is 0. The van der Waals surface area contributed by atoms with Crippen molar-refractivity contribution in [2.24, 2.45) is 5.92 Å². The first-order valence-electron chi connectivity index (χ1n) is 8.26. The molecule has 0 bridgehead atoms. The number of fused-ring (bicyclic) bond motifs is 1.